The minimum absolute atomic E-state index is 0.806. The van der Waals surface area contributed by atoms with Crippen LogP contribution in [-0.4, -0.2) is 9.97 Å². The van der Waals surface area contributed by atoms with Crippen molar-refractivity contribution in [3.63, 3.8) is 0 Å². The van der Waals surface area contributed by atoms with Crippen LogP contribution in [0.2, 0.25) is 5.02 Å². The summed E-state index contributed by atoms with van der Waals surface area (Å²) < 4.78 is 0. The van der Waals surface area contributed by atoms with E-state index in [1.165, 1.54) is 0 Å². The zero-order valence-corrected chi connectivity index (χ0v) is 10.4. The molecule has 2 nitrogen and oxygen atoms in total. The van der Waals surface area contributed by atoms with Crippen molar-refractivity contribution < 1.29 is 0 Å². The summed E-state index contributed by atoms with van der Waals surface area (Å²) in [6.45, 7) is 1.96. The van der Waals surface area contributed by atoms with Crippen molar-refractivity contribution >= 4 is 23.4 Å². The lowest BCUT2D eigenvalue weighted by atomic mass is 10.2. The van der Waals surface area contributed by atoms with E-state index >= 15 is 0 Å². The maximum atomic E-state index is 6.08. The number of rotatable bonds is 3. The standard InChI is InChI=1S/C12H11ClN2S/c1-9-6-12(15-8-14-9)16-7-10-4-2-3-5-11(10)13/h2-6,8H,7H2,1H3. The number of benzene rings is 1. The Morgan fingerprint density at radius 1 is 1.25 bits per heavy atom. The summed E-state index contributed by atoms with van der Waals surface area (Å²) in [5.74, 6) is 0.829. The summed E-state index contributed by atoms with van der Waals surface area (Å²) in [5.41, 5.74) is 2.11. The molecular weight excluding hydrogens is 240 g/mol. The fraction of sp³-hybridized carbons (Fsp3) is 0.167. The molecule has 2 rings (SSSR count). The van der Waals surface area contributed by atoms with E-state index in [1.54, 1.807) is 18.1 Å². The summed E-state index contributed by atoms with van der Waals surface area (Å²) >= 11 is 7.74. The molecule has 1 heterocycles. The normalized spacial score (nSPS) is 10.4. The Bertz CT molecular complexity index is 488. The van der Waals surface area contributed by atoms with Gasteiger partial charge in [0.25, 0.3) is 0 Å². The van der Waals surface area contributed by atoms with Gasteiger partial charge < -0.3 is 0 Å². The molecule has 82 valence electrons. The molecule has 0 saturated carbocycles. The molecule has 0 unspecified atom stereocenters. The SMILES string of the molecule is Cc1cc(SCc2ccccc2Cl)ncn1. The third-order valence-corrected chi connectivity index (χ3v) is 3.46. The van der Waals surface area contributed by atoms with Gasteiger partial charge in [-0.25, -0.2) is 9.97 Å². The molecular formula is C12H11ClN2S. The van der Waals surface area contributed by atoms with Gasteiger partial charge in [-0.1, -0.05) is 29.8 Å². The summed E-state index contributed by atoms with van der Waals surface area (Å²) in [7, 11) is 0. The second kappa shape index (κ2) is 5.32. The lowest BCUT2D eigenvalue weighted by Crippen LogP contribution is -1.87. The van der Waals surface area contributed by atoms with Gasteiger partial charge in [0.15, 0.2) is 0 Å². The molecule has 0 spiro atoms. The van der Waals surface area contributed by atoms with Crippen molar-refractivity contribution in [1.29, 1.82) is 0 Å². The number of aryl methyl sites for hydroxylation is 1. The molecule has 16 heavy (non-hydrogen) atoms. The van der Waals surface area contributed by atoms with E-state index < -0.39 is 0 Å². The van der Waals surface area contributed by atoms with E-state index in [0.717, 1.165) is 27.1 Å². The van der Waals surface area contributed by atoms with Gasteiger partial charge in [-0.15, -0.1) is 11.8 Å². The average Bonchev–Trinajstić information content (AvgIpc) is 2.28. The molecule has 1 aromatic carbocycles. The molecule has 1 aromatic heterocycles. The highest BCUT2D eigenvalue weighted by Crippen LogP contribution is 2.25. The second-order valence-corrected chi connectivity index (χ2v) is 4.78. The first kappa shape index (κ1) is 11.4. The molecule has 0 aliphatic carbocycles. The molecule has 0 radical (unpaired) electrons. The minimum Gasteiger partial charge on any atom is -0.242 e. The molecule has 0 N–H and O–H groups in total. The zero-order chi connectivity index (χ0) is 11.4. The van der Waals surface area contributed by atoms with E-state index in [0.29, 0.717) is 0 Å². The van der Waals surface area contributed by atoms with E-state index in [4.69, 9.17) is 11.6 Å². The molecule has 0 bridgehead atoms. The van der Waals surface area contributed by atoms with Crippen molar-refractivity contribution in [3.8, 4) is 0 Å². The van der Waals surface area contributed by atoms with Gasteiger partial charge in [0.2, 0.25) is 0 Å². The van der Waals surface area contributed by atoms with Crippen molar-refractivity contribution in [1.82, 2.24) is 9.97 Å². The van der Waals surface area contributed by atoms with Gasteiger partial charge >= 0.3 is 0 Å². The second-order valence-electron chi connectivity index (χ2n) is 3.38. The summed E-state index contributed by atoms with van der Waals surface area (Å²) in [5, 5.41) is 1.79. The minimum atomic E-state index is 0.806. The van der Waals surface area contributed by atoms with Gasteiger partial charge in [0, 0.05) is 16.5 Å². The lowest BCUT2D eigenvalue weighted by Gasteiger charge is -2.03. The number of hydrogen-bond donors (Lipinski definition) is 0. The first-order valence-corrected chi connectivity index (χ1v) is 6.27. The smallest absolute Gasteiger partial charge is 0.116 e. The van der Waals surface area contributed by atoms with Crippen LogP contribution in [0.25, 0.3) is 0 Å². The van der Waals surface area contributed by atoms with Crippen LogP contribution >= 0.6 is 23.4 Å². The van der Waals surface area contributed by atoms with Crippen LogP contribution in [0.1, 0.15) is 11.3 Å². The van der Waals surface area contributed by atoms with Crippen molar-refractivity contribution in [3.05, 3.63) is 52.9 Å². The molecule has 0 aliphatic rings. The largest absolute Gasteiger partial charge is 0.242 e. The molecule has 0 fully saturated rings. The van der Waals surface area contributed by atoms with Gasteiger partial charge in [-0.2, -0.15) is 0 Å². The molecule has 2 aromatic rings. The van der Waals surface area contributed by atoms with Crippen LogP contribution in [-0.2, 0) is 5.75 Å². The molecule has 0 atom stereocenters. The first-order chi connectivity index (χ1) is 7.75. The number of nitrogens with zero attached hydrogens (tertiary/aromatic N) is 2. The van der Waals surface area contributed by atoms with Crippen LogP contribution in [0.3, 0.4) is 0 Å². The van der Waals surface area contributed by atoms with Crippen LogP contribution in [0.5, 0.6) is 0 Å². The Morgan fingerprint density at radius 2 is 2.06 bits per heavy atom. The first-order valence-electron chi connectivity index (χ1n) is 4.90. The third-order valence-electron chi connectivity index (χ3n) is 2.11. The number of hydrogen-bond acceptors (Lipinski definition) is 3. The van der Waals surface area contributed by atoms with Gasteiger partial charge in [-0.05, 0) is 24.6 Å². The Kier molecular flexibility index (Phi) is 3.80. The summed E-state index contributed by atoms with van der Waals surface area (Å²) in [6, 6.07) is 9.84. The van der Waals surface area contributed by atoms with E-state index in [9.17, 15) is 0 Å². The van der Waals surface area contributed by atoms with E-state index in [1.807, 2.05) is 37.3 Å². The molecule has 0 saturated heterocycles. The third kappa shape index (κ3) is 2.97. The molecule has 0 aliphatic heterocycles. The fourth-order valence-electron chi connectivity index (χ4n) is 1.28. The number of aromatic nitrogens is 2. The van der Waals surface area contributed by atoms with Crippen LogP contribution < -0.4 is 0 Å². The zero-order valence-electron chi connectivity index (χ0n) is 8.85. The fourth-order valence-corrected chi connectivity index (χ4v) is 2.49. The summed E-state index contributed by atoms with van der Waals surface area (Å²) in [6.07, 6.45) is 1.59. The van der Waals surface area contributed by atoms with E-state index in [2.05, 4.69) is 9.97 Å². The highest BCUT2D eigenvalue weighted by Gasteiger charge is 2.01. The molecule has 4 heteroatoms. The Morgan fingerprint density at radius 3 is 2.81 bits per heavy atom. The number of halogens is 1. The van der Waals surface area contributed by atoms with Crippen molar-refractivity contribution in [2.24, 2.45) is 0 Å². The number of thioether (sulfide) groups is 1. The molecule has 0 amide bonds. The van der Waals surface area contributed by atoms with E-state index in [-0.39, 0.29) is 0 Å². The van der Waals surface area contributed by atoms with Crippen molar-refractivity contribution in [2.75, 3.05) is 0 Å². The maximum Gasteiger partial charge on any atom is 0.116 e. The predicted molar refractivity (Wildman–Crippen MR) is 67.8 cm³/mol. The van der Waals surface area contributed by atoms with Gasteiger partial charge in [-0.3, -0.25) is 0 Å². The van der Waals surface area contributed by atoms with Crippen LogP contribution in [0, 0.1) is 6.92 Å². The monoisotopic (exact) mass is 250 g/mol. The highest BCUT2D eigenvalue weighted by atomic mass is 35.5. The Hall–Kier alpha value is -1.06. The summed E-state index contributed by atoms with van der Waals surface area (Å²) in [4.78, 5) is 8.25. The maximum absolute atomic E-state index is 6.08. The lowest BCUT2D eigenvalue weighted by molar-refractivity contribution is 1.01. The van der Waals surface area contributed by atoms with Gasteiger partial charge in [0.1, 0.15) is 6.33 Å². The topological polar surface area (TPSA) is 25.8 Å². The highest BCUT2D eigenvalue weighted by molar-refractivity contribution is 7.98. The quantitative estimate of drug-likeness (QED) is 0.613. The predicted octanol–water partition coefficient (Wildman–Crippen LogP) is 3.73. The van der Waals surface area contributed by atoms with Gasteiger partial charge in [0.05, 0.1) is 5.03 Å². The average molecular weight is 251 g/mol. The van der Waals surface area contributed by atoms with Crippen LogP contribution in [0.15, 0.2) is 41.7 Å². The Labute approximate surface area is 104 Å². The Balaban J connectivity index is 2.05. The van der Waals surface area contributed by atoms with Crippen LogP contribution in [0.4, 0.5) is 0 Å². The van der Waals surface area contributed by atoms with Crippen molar-refractivity contribution in [2.45, 2.75) is 17.7 Å².